The number of piperidine rings is 1. The lowest BCUT2D eigenvalue weighted by Gasteiger charge is -2.36. The highest BCUT2D eigenvalue weighted by molar-refractivity contribution is 5.82. The van der Waals surface area contributed by atoms with Crippen LogP contribution in [0.4, 0.5) is 0 Å². The van der Waals surface area contributed by atoms with Crippen molar-refractivity contribution in [3.05, 3.63) is 0 Å². The highest BCUT2D eigenvalue weighted by atomic mass is 16.1. The Morgan fingerprint density at radius 2 is 2.08 bits per heavy atom. The SMILES string of the molecule is CC(=O)[C@@H]1[C@H]2CC[C@H](C2)N1C(C)C. The zero-order valence-corrected chi connectivity index (χ0v) is 8.79. The molecule has 1 heterocycles. The number of hydrogen-bond acceptors (Lipinski definition) is 2. The van der Waals surface area contributed by atoms with Gasteiger partial charge in [-0.15, -0.1) is 0 Å². The van der Waals surface area contributed by atoms with Crippen LogP contribution in [0.1, 0.15) is 40.0 Å². The fraction of sp³-hybridized carbons (Fsp3) is 0.909. The highest BCUT2D eigenvalue weighted by Crippen LogP contribution is 2.43. The second-order valence-electron chi connectivity index (χ2n) is 4.82. The number of rotatable bonds is 2. The van der Waals surface area contributed by atoms with E-state index < -0.39 is 0 Å². The number of nitrogens with zero attached hydrogens (tertiary/aromatic N) is 1. The first-order valence-corrected chi connectivity index (χ1v) is 5.39. The van der Waals surface area contributed by atoms with E-state index in [1.54, 1.807) is 6.92 Å². The molecule has 0 unspecified atom stereocenters. The van der Waals surface area contributed by atoms with Gasteiger partial charge in [-0.05, 0) is 46.0 Å². The molecule has 0 aromatic rings. The topological polar surface area (TPSA) is 20.3 Å². The summed E-state index contributed by atoms with van der Waals surface area (Å²) in [6, 6.07) is 1.49. The van der Waals surface area contributed by atoms with E-state index in [-0.39, 0.29) is 6.04 Å². The Bertz CT molecular complexity index is 224. The van der Waals surface area contributed by atoms with Gasteiger partial charge in [0.05, 0.1) is 6.04 Å². The fourth-order valence-corrected chi connectivity index (χ4v) is 3.30. The minimum Gasteiger partial charge on any atom is -0.298 e. The van der Waals surface area contributed by atoms with Crippen molar-refractivity contribution in [3.63, 3.8) is 0 Å². The molecule has 2 bridgehead atoms. The molecular formula is C11H19NO. The van der Waals surface area contributed by atoms with Crippen LogP contribution in [0.15, 0.2) is 0 Å². The maximum atomic E-state index is 11.5. The summed E-state index contributed by atoms with van der Waals surface area (Å²) in [7, 11) is 0. The molecule has 0 spiro atoms. The second-order valence-corrected chi connectivity index (χ2v) is 4.82. The van der Waals surface area contributed by atoms with Gasteiger partial charge in [0.15, 0.2) is 0 Å². The molecule has 74 valence electrons. The van der Waals surface area contributed by atoms with Gasteiger partial charge in [0.2, 0.25) is 0 Å². The molecule has 2 fully saturated rings. The summed E-state index contributed by atoms with van der Waals surface area (Å²) in [6.45, 7) is 6.16. The summed E-state index contributed by atoms with van der Waals surface area (Å²) in [5, 5.41) is 0. The first kappa shape index (κ1) is 9.20. The van der Waals surface area contributed by atoms with Gasteiger partial charge in [0, 0.05) is 12.1 Å². The first-order chi connectivity index (χ1) is 6.11. The van der Waals surface area contributed by atoms with Crippen LogP contribution in [-0.4, -0.2) is 28.8 Å². The molecule has 2 heteroatoms. The lowest BCUT2D eigenvalue weighted by Crippen LogP contribution is -2.48. The van der Waals surface area contributed by atoms with E-state index in [4.69, 9.17) is 0 Å². The lowest BCUT2D eigenvalue weighted by atomic mass is 9.95. The van der Waals surface area contributed by atoms with E-state index in [2.05, 4.69) is 18.7 Å². The zero-order valence-electron chi connectivity index (χ0n) is 8.79. The van der Waals surface area contributed by atoms with Crippen LogP contribution < -0.4 is 0 Å². The van der Waals surface area contributed by atoms with Crippen molar-refractivity contribution >= 4 is 5.78 Å². The van der Waals surface area contributed by atoms with Crippen molar-refractivity contribution in [2.45, 2.75) is 58.2 Å². The number of fused-ring (bicyclic) bond motifs is 2. The van der Waals surface area contributed by atoms with Crippen LogP contribution in [0.25, 0.3) is 0 Å². The van der Waals surface area contributed by atoms with Crippen molar-refractivity contribution in [2.24, 2.45) is 5.92 Å². The van der Waals surface area contributed by atoms with Crippen molar-refractivity contribution in [1.82, 2.24) is 4.90 Å². The van der Waals surface area contributed by atoms with Gasteiger partial charge in [-0.25, -0.2) is 0 Å². The Morgan fingerprint density at radius 1 is 1.38 bits per heavy atom. The van der Waals surface area contributed by atoms with Crippen molar-refractivity contribution in [2.75, 3.05) is 0 Å². The van der Waals surface area contributed by atoms with Crippen LogP contribution in [0.2, 0.25) is 0 Å². The van der Waals surface area contributed by atoms with Crippen LogP contribution in [0.3, 0.4) is 0 Å². The smallest absolute Gasteiger partial charge is 0.147 e. The van der Waals surface area contributed by atoms with Gasteiger partial charge in [0.1, 0.15) is 5.78 Å². The monoisotopic (exact) mass is 181 g/mol. The Labute approximate surface area is 80.3 Å². The lowest BCUT2D eigenvalue weighted by molar-refractivity contribution is -0.124. The van der Waals surface area contributed by atoms with E-state index >= 15 is 0 Å². The van der Waals surface area contributed by atoms with Crippen molar-refractivity contribution in [1.29, 1.82) is 0 Å². The molecule has 0 aromatic heterocycles. The minimum absolute atomic E-state index is 0.249. The number of ketones is 1. The first-order valence-electron chi connectivity index (χ1n) is 5.39. The predicted molar refractivity (Wildman–Crippen MR) is 52.6 cm³/mol. The average Bonchev–Trinajstić information content (AvgIpc) is 2.60. The number of hydrogen-bond donors (Lipinski definition) is 0. The third-order valence-electron chi connectivity index (χ3n) is 3.65. The van der Waals surface area contributed by atoms with E-state index in [9.17, 15) is 4.79 Å². The molecule has 1 aliphatic heterocycles. The standard InChI is InChI=1S/C11H19NO/c1-7(2)12-10-5-4-9(6-10)11(12)8(3)13/h7,9-11H,4-6H2,1-3H3/t9-,10+,11+/m0/s1. The van der Waals surface area contributed by atoms with Crippen LogP contribution in [-0.2, 0) is 4.79 Å². The maximum absolute atomic E-state index is 11.5. The van der Waals surface area contributed by atoms with Gasteiger partial charge in [-0.2, -0.15) is 0 Å². The van der Waals surface area contributed by atoms with Crippen LogP contribution >= 0.6 is 0 Å². The summed E-state index contributed by atoms with van der Waals surface area (Å²) in [6.07, 6.45) is 3.85. The molecule has 0 amide bonds. The van der Waals surface area contributed by atoms with Crippen LogP contribution in [0.5, 0.6) is 0 Å². The van der Waals surface area contributed by atoms with Gasteiger partial charge in [-0.3, -0.25) is 9.69 Å². The Hall–Kier alpha value is -0.370. The summed E-state index contributed by atoms with van der Waals surface area (Å²) in [4.78, 5) is 14.0. The summed E-state index contributed by atoms with van der Waals surface area (Å²) >= 11 is 0. The van der Waals surface area contributed by atoms with E-state index in [1.807, 2.05) is 0 Å². The zero-order chi connectivity index (χ0) is 9.59. The molecule has 2 rings (SSSR count). The molecule has 1 saturated heterocycles. The summed E-state index contributed by atoms with van der Waals surface area (Å²) < 4.78 is 0. The van der Waals surface area contributed by atoms with E-state index in [1.165, 1.54) is 19.3 Å². The summed E-state index contributed by atoms with van der Waals surface area (Å²) in [5.74, 6) is 1.05. The summed E-state index contributed by atoms with van der Waals surface area (Å²) in [5.41, 5.74) is 0. The van der Waals surface area contributed by atoms with Gasteiger partial charge < -0.3 is 0 Å². The number of Topliss-reactive ketones (excluding diaryl/α,β-unsaturated/α-hetero) is 1. The number of carbonyl (C=O) groups is 1. The number of likely N-dealkylation sites (tertiary alicyclic amines) is 1. The van der Waals surface area contributed by atoms with Gasteiger partial charge in [-0.1, -0.05) is 0 Å². The molecule has 2 aliphatic rings. The Morgan fingerprint density at radius 3 is 2.54 bits per heavy atom. The largest absolute Gasteiger partial charge is 0.298 e. The third-order valence-corrected chi connectivity index (χ3v) is 3.65. The molecule has 0 aromatic carbocycles. The Kier molecular flexibility index (Phi) is 2.18. The maximum Gasteiger partial charge on any atom is 0.147 e. The van der Waals surface area contributed by atoms with Gasteiger partial charge >= 0.3 is 0 Å². The number of carbonyl (C=O) groups excluding carboxylic acids is 1. The quantitative estimate of drug-likeness (QED) is 0.648. The minimum atomic E-state index is 0.249. The molecular weight excluding hydrogens is 162 g/mol. The van der Waals surface area contributed by atoms with E-state index in [0.717, 1.165) is 0 Å². The van der Waals surface area contributed by atoms with E-state index in [0.29, 0.717) is 23.8 Å². The molecule has 0 radical (unpaired) electrons. The average molecular weight is 181 g/mol. The normalized spacial score (nSPS) is 38.9. The molecule has 0 N–H and O–H groups in total. The molecule has 13 heavy (non-hydrogen) atoms. The molecule has 1 aliphatic carbocycles. The fourth-order valence-electron chi connectivity index (χ4n) is 3.30. The van der Waals surface area contributed by atoms with Crippen molar-refractivity contribution in [3.8, 4) is 0 Å². The molecule has 1 saturated carbocycles. The Balaban J connectivity index is 2.20. The van der Waals surface area contributed by atoms with Crippen molar-refractivity contribution < 1.29 is 4.79 Å². The molecule has 3 atom stereocenters. The van der Waals surface area contributed by atoms with Gasteiger partial charge in [0.25, 0.3) is 0 Å². The molecule has 2 nitrogen and oxygen atoms in total. The predicted octanol–water partition coefficient (Wildman–Crippen LogP) is 1.84. The van der Waals surface area contributed by atoms with Crippen LogP contribution in [0, 0.1) is 5.92 Å². The third kappa shape index (κ3) is 1.32. The highest BCUT2D eigenvalue weighted by Gasteiger charge is 2.48. The second kappa shape index (κ2) is 3.09.